The largest absolute Gasteiger partial charge is 0.477 e. The number of carboxylic acids is 1. The number of hydrogen-bond donors (Lipinski definition) is 1. The van der Waals surface area contributed by atoms with Gasteiger partial charge < -0.3 is 9.63 Å². The predicted octanol–water partition coefficient (Wildman–Crippen LogP) is 3.28. The van der Waals surface area contributed by atoms with Gasteiger partial charge in [-0.15, -0.1) is 0 Å². The second kappa shape index (κ2) is 5.13. The summed E-state index contributed by atoms with van der Waals surface area (Å²) in [5, 5.41) is 23.5. The first kappa shape index (κ1) is 15.5. The normalized spacial score (nSPS) is 11.5. The van der Waals surface area contributed by atoms with Crippen molar-refractivity contribution in [2.45, 2.75) is 13.1 Å². The summed E-state index contributed by atoms with van der Waals surface area (Å²) in [5.74, 6) is -1.57. The van der Waals surface area contributed by atoms with Gasteiger partial charge in [-0.05, 0) is 19.1 Å². The highest BCUT2D eigenvalue weighted by Crippen LogP contribution is 2.38. The molecule has 1 aromatic carbocycles. The number of benzene rings is 1. The SMILES string of the molecule is Cc1onc(-c2ccc(C(F)(F)F)cc2[N+](=O)[O-])c1C(=O)O. The summed E-state index contributed by atoms with van der Waals surface area (Å²) < 4.78 is 42.5. The number of alkyl halides is 3. The number of nitrogens with zero attached hydrogens (tertiary/aromatic N) is 2. The van der Waals surface area contributed by atoms with Crippen molar-refractivity contribution in [1.82, 2.24) is 5.16 Å². The molecule has 1 aromatic heterocycles. The monoisotopic (exact) mass is 316 g/mol. The van der Waals surface area contributed by atoms with Crippen LogP contribution in [0.3, 0.4) is 0 Å². The highest BCUT2D eigenvalue weighted by atomic mass is 19.4. The minimum atomic E-state index is -4.77. The molecule has 0 aliphatic rings. The van der Waals surface area contributed by atoms with E-state index in [-0.39, 0.29) is 11.3 Å². The van der Waals surface area contributed by atoms with Crippen LogP contribution in [0.15, 0.2) is 22.7 Å². The molecule has 0 unspecified atom stereocenters. The third-order valence-electron chi connectivity index (χ3n) is 2.85. The lowest BCUT2D eigenvalue weighted by Crippen LogP contribution is -2.07. The Kier molecular flexibility index (Phi) is 3.61. The summed E-state index contributed by atoms with van der Waals surface area (Å²) in [7, 11) is 0. The van der Waals surface area contributed by atoms with E-state index in [2.05, 4.69) is 9.68 Å². The number of rotatable bonds is 3. The van der Waals surface area contributed by atoms with E-state index in [0.29, 0.717) is 12.1 Å². The molecule has 0 atom stereocenters. The van der Waals surface area contributed by atoms with Gasteiger partial charge in [-0.3, -0.25) is 10.1 Å². The Hall–Kier alpha value is -2.91. The van der Waals surface area contributed by atoms with Crippen LogP contribution in [0.4, 0.5) is 18.9 Å². The molecule has 22 heavy (non-hydrogen) atoms. The molecular weight excluding hydrogens is 309 g/mol. The Morgan fingerprint density at radius 3 is 2.55 bits per heavy atom. The Balaban J connectivity index is 2.72. The van der Waals surface area contributed by atoms with Crippen LogP contribution in [0.1, 0.15) is 21.7 Å². The van der Waals surface area contributed by atoms with Crippen LogP contribution in [-0.4, -0.2) is 21.2 Å². The van der Waals surface area contributed by atoms with Crippen molar-refractivity contribution < 1.29 is 32.5 Å². The van der Waals surface area contributed by atoms with Crippen LogP contribution in [0.25, 0.3) is 11.3 Å². The molecule has 7 nitrogen and oxygen atoms in total. The van der Waals surface area contributed by atoms with Crippen LogP contribution >= 0.6 is 0 Å². The number of aromatic carboxylic acids is 1. The lowest BCUT2D eigenvalue weighted by atomic mass is 10.0. The van der Waals surface area contributed by atoms with Gasteiger partial charge in [-0.1, -0.05) is 5.16 Å². The summed E-state index contributed by atoms with van der Waals surface area (Å²) in [6, 6.07) is 1.73. The zero-order valence-electron chi connectivity index (χ0n) is 10.8. The van der Waals surface area contributed by atoms with Gasteiger partial charge in [-0.25, -0.2) is 4.79 Å². The highest BCUT2D eigenvalue weighted by Gasteiger charge is 2.34. The summed E-state index contributed by atoms with van der Waals surface area (Å²) >= 11 is 0. The first-order chi connectivity index (χ1) is 10.1. The fourth-order valence-electron chi connectivity index (χ4n) is 1.87. The summed E-state index contributed by atoms with van der Waals surface area (Å²) in [6.45, 7) is 1.27. The predicted molar refractivity (Wildman–Crippen MR) is 65.3 cm³/mol. The van der Waals surface area contributed by atoms with Crippen LogP contribution < -0.4 is 0 Å². The number of nitro benzene ring substituents is 1. The molecule has 116 valence electrons. The number of halogens is 3. The molecule has 0 fully saturated rings. The first-order valence-corrected chi connectivity index (χ1v) is 5.68. The Bertz CT molecular complexity index is 767. The molecule has 1 N–H and O–H groups in total. The van der Waals surface area contributed by atoms with Crippen molar-refractivity contribution in [3.05, 3.63) is 45.2 Å². The molecule has 2 aromatic rings. The van der Waals surface area contributed by atoms with Gasteiger partial charge in [0, 0.05) is 6.07 Å². The second-order valence-corrected chi connectivity index (χ2v) is 4.25. The third kappa shape index (κ3) is 2.62. The van der Waals surface area contributed by atoms with Gasteiger partial charge in [0.1, 0.15) is 17.0 Å². The zero-order chi connectivity index (χ0) is 16.7. The number of aromatic nitrogens is 1. The van der Waals surface area contributed by atoms with E-state index in [1.165, 1.54) is 6.92 Å². The average molecular weight is 316 g/mol. The maximum absolute atomic E-state index is 12.6. The highest BCUT2D eigenvalue weighted by molar-refractivity contribution is 5.97. The van der Waals surface area contributed by atoms with Crippen LogP contribution in [0, 0.1) is 17.0 Å². The minimum absolute atomic E-state index is 0.114. The number of aryl methyl sites for hydroxylation is 1. The maximum atomic E-state index is 12.6. The molecule has 10 heteroatoms. The molecule has 2 rings (SSSR count). The molecular formula is C12H7F3N2O5. The van der Waals surface area contributed by atoms with E-state index >= 15 is 0 Å². The topological polar surface area (TPSA) is 106 Å². The van der Waals surface area contributed by atoms with E-state index in [0.717, 1.165) is 6.07 Å². The van der Waals surface area contributed by atoms with Gasteiger partial charge in [-0.2, -0.15) is 13.2 Å². The molecule has 0 aliphatic heterocycles. The van der Waals surface area contributed by atoms with Crippen molar-refractivity contribution in [3.63, 3.8) is 0 Å². The average Bonchev–Trinajstić information content (AvgIpc) is 2.78. The summed E-state index contributed by atoms with van der Waals surface area (Å²) in [6.07, 6.45) is -4.77. The van der Waals surface area contributed by atoms with Crippen molar-refractivity contribution in [2.24, 2.45) is 0 Å². The third-order valence-corrected chi connectivity index (χ3v) is 2.85. The van der Waals surface area contributed by atoms with E-state index < -0.39 is 39.6 Å². The summed E-state index contributed by atoms with van der Waals surface area (Å²) in [4.78, 5) is 21.1. The summed E-state index contributed by atoms with van der Waals surface area (Å²) in [5.41, 5.74) is -3.34. The van der Waals surface area contributed by atoms with E-state index in [9.17, 15) is 28.1 Å². The first-order valence-electron chi connectivity index (χ1n) is 5.68. The Labute approximate surface area is 120 Å². The van der Waals surface area contributed by atoms with E-state index in [4.69, 9.17) is 5.11 Å². The molecule has 1 heterocycles. The lowest BCUT2D eigenvalue weighted by molar-refractivity contribution is -0.384. The molecule has 0 bridgehead atoms. The lowest BCUT2D eigenvalue weighted by Gasteiger charge is -2.08. The van der Waals surface area contributed by atoms with E-state index in [1.54, 1.807) is 0 Å². The van der Waals surface area contributed by atoms with Crippen LogP contribution in [0.2, 0.25) is 0 Å². The van der Waals surface area contributed by atoms with Gasteiger partial charge in [0.05, 0.1) is 16.1 Å². The van der Waals surface area contributed by atoms with Gasteiger partial charge in [0.15, 0.2) is 0 Å². The zero-order valence-corrected chi connectivity index (χ0v) is 10.8. The smallest absolute Gasteiger partial charge is 0.416 e. The fraction of sp³-hybridized carbons (Fsp3) is 0.167. The molecule has 0 saturated carbocycles. The number of nitro groups is 1. The van der Waals surface area contributed by atoms with Gasteiger partial charge in [0.25, 0.3) is 5.69 Å². The molecule has 0 radical (unpaired) electrons. The van der Waals surface area contributed by atoms with Gasteiger partial charge >= 0.3 is 12.1 Å². The fourth-order valence-corrected chi connectivity index (χ4v) is 1.87. The number of carboxylic acid groups (broad SMARTS) is 1. The quantitative estimate of drug-likeness (QED) is 0.688. The molecule has 0 spiro atoms. The number of carbonyl (C=O) groups is 1. The van der Waals surface area contributed by atoms with Crippen molar-refractivity contribution in [2.75, 3.05) is 0 Å². The van der Waals surface area contributed by atoms with Crippen molar-refractivity contribution >= 4 is 11.7 Å². The number of hydrogen-bond acceptors (Lipinski definition) is 5. The van der Waals surface area contributed by atoms with Gasteiger partial charge in [0.2, 0.25) is 0 Å². The maximum Gasteiger partial charge on any atom is 0.416 e. The molecule has 0 saturated heterocycles. The van der Waals surface area contributed by atoms with Crippen LogP contribution in [0.5, 0.6) is 0 Å². The minimum Gasteiger partial charge on any atom is -0.477 e. The van der Waals surface area contributed by atoms with Crippen molar-refractivity contribution in [1.29, 1.82) is 0 Å². The van der Waals surface area contributed by atoms with Crippen LogP contribution in [-0.2, 0) is 6.18 Å². The molecule has 0 amide bonds. The molecule has 0 aliphatic carbocycles. The van der Waals surface area contributed by atoms with E-state index in [1.807, 2.05) is 0 Å². The standard InChI is InChI=1S/C12H7F3N2O5/c1-5-9(11(18)19)10(16-22-5)7-3-2-6(12(13,14)15)4-8(7)17(20)21/h2-4H,1H3,(H,18,19). The Morgan fingerprint density at radius 2 is 2.05 bits per heavy atom. The second-order valence-electron chi connectivity index (χ2n) is 4.25. The Morgan fingerprint density at radius 1 is 1.41 bits per heavy atom. The van der Waals surface area contributed by atoms with Crippen molar-refractivity contribution in [3.8, 4) is 11.3 Å².